The summed E-state index contributed by atoms with van der Waals surface area (Å²) in [7, 11) is 0. The van der Waals surface area contributed by atoms with Gasteiger partial charge in [-0.15, -0.1) is 11.3 Å². The minimum Gasteiger partial charge on any atom is -0.354 e. The van der Waals surface area contributed by atoms with Gasteiger partial charge in [0, 0.05) is 42.0 Å². The summed E-state index contributed by atoms with van der Waals surface area (Å²) < 4.78 is 2.71. The van der Waals surface area contributed by atoms with Crippen LogP contribution in [0.4, 0.5) is 0 Å². The summed E-state index contributed by atoms with van der Waals surface area (Å²) in [6.45, 7) is 0. The van der Waals surface area contributed by atoms with Gasteiger partial charge in [-0.2, -0.15) is 0 Å². The minimum atomic E-state index is 1.19. The van der Waals surface area contributed by atoms with Crippen molar-refractivity contribution in [2.45, 2.75) is 0 Å². The van der Waals surface area contributed by atoms with E-state index in [0.717, 1.165) is 0 Å². The Balaban J connectivity index is 1.57. The van der Waals surface area contributed by atoms with Crippen LogP contribution in [0.25, 0.3) is 63.9 Å². The SMILES string of the molecule is c1ccc2c(c1)ccc1[nH]c3ccc(-c4cccc5c4sc4ccccc45)cc3c12. The Bertz CT molecular complexity index is 1750. The first-order chi connectivity index (χ1) is 14.9. The molecule has 0 aliphatic carbocycles. The number of hydrogen-bond donors (Lipinski definition) is 1. The van der Waals surface area contributed by atoms with Gasteiger partial charge in [0.15, 0.2) is 0 Å². The maximum Gasteiger partial charge on any atom is 0.0471 e. The molecule has 0 atom stereocenters. The highest BCUT2D eigenvalue weighted by Crippen LogP contribution is 2.41. The molecule has 0 aliphatic rings. The molecule has 1 nitrogen and oxygen atoms in total. The average Bonchev–Trinajstić information content (AvgIpc) is 3.37. The molecular weight excluding hydrogens is 382 g/mol. The van der Waals surface area contributed by atoms with Crippen LogP contribution in [0.15, 0.2) is 97.1 Å². The first kappa shape index (κ1) is 16.2. The first-order valence-electron chi connectivity index (χ1n) is 10.2. The van der Waals surface area contributed by atoms with E-state index in [4.69, 9.17) is 0 Å². The number of benzene rings is 5. The third-order valence-corrected chi connectivity index (χ3v) is 7.42. The van der Waals surface area contributed by atoms with Crippen molar-refractivity contribution in [1.29, 1.82) is 0 Å². The van der Waals surface area contributed by atoms with Crippen molar-refractivity contribution >= 4 is 64.1 Å². The second-order valence-corrected chi connectivity index (χ2v) is 8.93. The molecule has 0 bridgehead atoms. The van der Waals surface area contributed by atoms with Crippen molar-refractivity contribution in [1.82, 2.24) is 4.98 Å². The average molecular weight is 400 g/mol. The predicted molar refractivity (Wildman–Crippen MR) is 132 cm³/mol. The fourth-order valence-corrected chi connectivity index (χ4v) is 6.05. The molecule has 0 aliphatic heterocycles. The molecule has 7 rings (SSSR count). The standard InChI is InChI=1S/C28H17NS/c1-2-7-19-17(6-1)12-15-25-27(19)23-16-18(13-14-24(23)29-25)20-9-5-10-22-21-8-3-4-11-26(21)30-28(20)22/h1-16,29H. The zero-order valence-electron chi connectivity index (χ0n) is 16.1. The smallest absolute Gasteiger partial charge is 0.0471 e. The Kier molecular flexibility index (Phi) is 3.21. The molecule has 0 saturated heterocycles. The number of thiophene rings is 1. The maximum absolute atomic E-state index is 3.61. The summed E-state index contributed by atoms with van der Waals surface area (Å²) in [4.78, 5) is 3.61. The number of rotatable bonds is 1. The van der Waals surface area contributed by atoms with Crippen LogP contribution in [0.5, 0.6) is 0 Å². The Morgan fingerprint density at radius 2 is 1.37 bits per heavy atom. The first-order valence-corrected chi connectivity index (χ1v) is 11.0. The van der Waals surface area contributed by atoms with E-state index in [1.165, 1.54) is 63.9 Å². The van der Waals surface area contributed by atoms with Crippen molar-refractivity contribution in [3.63, 3.8) is 0 Å². The number of nitrogens with one attached hydrogen (secondary N) is 1. The maximum atomic E-state index is 3.61. The van der Waals surface area contributed by atoms with E-state index < -0.39 is 0 Å². The third kappa shape index (κ3) is 2.17. The lowest BCUT2D eigenvalue weighted by Gasteiger charge is -2.05. The van der Waals surface area contributed by atoms with Gasteiger partial charge >= 0.3 is 0 Å². The van der Waals surface area contributed by atoms with Crippen LogP contribution in [-0.2, 0) is 0 Å². The van der Waals surface area contributed by atoms with Gasteiger partial charge in [-0.1, -0.05) is 72.8 Å². The molecule has 5 aromatic carbocycles. The molecule has 0 saturated carbocycles. The largest absolute Gasteiger partial charge is 0.354 e. The molecule has 0 spiro atoms. The van der Waals surface area contributed by atoms with Crippen molar-refractivity contribution < 1.29 is 0 Å². The van der Waals surface area contributed by atoms with Crippen LogP contribution >= 0.6 is 11.3 Å². The number of fused-ring (bicyclic) bond motifs is 8. The van der Waals surface area contributed by atoms with Crippen LogP contribution in [0.3, 0.4) is 0 Å². The van der Waals surface area contributed by atoms with Crippen molar-refractivity contribution in [2.24, 2.45) is 0 Å². The Labute approximate surface area is 177 Å². The van der Waals surface area contributed by atoms with E-state index in [0.29, 0.717) is 0 Å². The Morgan fingerprint density at radius 1 is 0.567 bits per heavy atom. The summed E-state index contributed by atoms with van der Waals surface area (Å²) in [5, 5.41) is 7.88. The van der Waals surface area contributed by atoms with E-state index in [1.807, 2.05) is 11.3 Å². The lowest BCUT2D eigenvalue weighted by molar-refractivity contribution is 1.55. The molecule has 0 fully saturated rings. The lowest BCUT2D eigenvalue weighted by atomic mass is 9.99. The van der Waals surface area contributed by atoms with Crippen LogP contribution in [0, 0.1) is 0 Å². The van der Waals surface area contributed by atoms with Crippen molar-refractivity contribution in [2.75, 3.05) is 0 Å². The summed E-state index contributed by atoms with van der Waals surface area (Å²) in [5.41, 5.74) is 4.97. The highest BCUT2D eigenvalue weighted by atomic mass is 32.1. The van der Waals surface area contributed by atoms with Gasteiger partial charge < -0.3 is 4.98 Å². The highest BCUT2D eigenvalue weighted by Gasteiger charge is 2.13. The Hall–Kier alpha value is -3.62. The summed E-state index contributed by atoms with van der Waals surface area (Å²) in [6.07, 6.45) is 0. The van der Waals surface area contributed by atoms with Gasteiger partial charge in [-0.25, -0.2) is 0 Å². The number of hydrogen-bond acceptors (Lipinski definition) is 1. The van der Waals surface area contributed by atoms with Gasteiger partial charge in [-0.3, -0.25) is 0 Å². The lowest BCUT2D eigenvalue weighted by Crippen LogP contribution is -1.79. The molecule has 140 valence electrons. The zero-order valence-corrected chi connectivity index (χ0v) is 17.0. The summed E-state index contributed by atoms with van der Waals surface area (Å²) in [5.74, 6) is 0. The van der Waals surface area contributed by atoms with Crippen LogP contribution in [0.1, 0.15) is 0 Å². The van der Waals surface area contributed by atoms with Crippen LogP contribution in [0.2, 0.25) is 0 Å². The van der Waals surface area contributed by atoms with E-state index in [1.54, 1.807) is 0 Å². The predicted octanol–water partition coefficient (Wildman–Crippen LogP) is 8.51. The molecule has 0 amide bonds. The molecule has 2 heteroatoms. The third-order valence-electron chi connectivity index (χ3n) is 6.20. The topological polar surface area (TPSA) is 15.8 Å². The van der Waals surface area contributed by atoms with Gasteiger partial charge in [0.05, 0.1) is 0 Å². The van der Waals surface area contributed by atoms with E-state index in [2.05, 4.69) is 102 Å². The molecule has 0 radical (unpaired) electrons. The summed E-state index contributed by atoms with van der Waals surface area (Å²) >= 11 is 1.89. The molecule has 0 unspecified atom stereocenters. The van der Waals surface area contributed by atoms with Gasteiger partial charge in [0.1, 0.15) is 0 Å². The van der Waals surface area contributed by atoms with Gasteiger partial charge in [0.25, 0.3) is 0 Å². The minimum absolute atomic E-state index is 1.19. The van der Waals surface area contributed by atoms with Crippen LogP contribution < -0.4 is 0 Å². The molecule has 1 N–H and O–H groups in total. The molecule has 2 heterocycles. The second kappa shape index (κ2) is 5.94. The molecule has 7 aromatic rings. The quantitative estimate of drug-likeness (QED) is 0.285. The fraction of sp³-hybridized carbons (Fsp3) is 0. The zero-order chi connectivity index (χ0) is 19.7. The molecule has 2 aromatic heterocycles. The number of aromatic amines is 1. The normalized spacial score (nSPS) is 12.0. The van der Waals surface area contributed by atoms with Crippen molar-refractivity contribution in [3.05, 3.63) is 97.1 Å². The Morgan fingerprint density at radius 3 is 2.33 bits per heavy atom. The number of H-pyrrole nitrogens is 1. The fourth-order valence-electron chi connectivity index (χ4n) is 4.81. The van der Waals surface area contributed by atoms with E-state index in [9.17, 15) is 0 Å². The highest BCUT2D eigenvalue weighted by molar-refractivity contribution is 7.26. The van der Waals surface area contributed by atoms with E-state index >= 15 is 0 Å². The van der Waals surface area contributed by atoms with Gasteiger partial charge in [0.2, 0.25) is 0 Å². The van der Waals surface area contributed by atoms with Gasteiger partial charge in [-0.05, 0) is 46.2 Å². The molecule has 30 heavy (non-hydrogen) atoms. The van der Waals surface area contributed by atoms with Crippen LogP contribution in [-0.4, -0.2) is 4.98 Å². The van der Waals surface area contributed by atoms with E-state index in [-0.39, 0.29) is 0 Å². The molecular formula is C28H17NS. The summed E-state index contributed by atoms with van der Waals surface area (Å²) in [6, 6.07) is 35.3. The van der Waals surface area contributed by atoms with Crippen molar-refractivity contribution in [3.8, 4) is 11.1 Å². The monoisotopic (exact) mass is 399 g/mol. The second-order valence-electron chi connectivity index (χ2n) is 7.88. The number of aromatic nitrogens is 1.